The summed E-state index contributed by atoms with van der Waals surface area (Å²) in [6.07, 6.45) is 1.82. The number of hydrogen-bond acceptors (Lipinski definition) is 6. The summed E-state index contributed by atoms with van der Waals surface area (Å²) in [7, 11) is -2.72. The van der Waals surface area contributed by atoms with Gasteiger partial charge in [0.1, 0.15) is 0 Å². The second-order valence-corrected chi connectivity index (χ2v) is 9.03. The predicted octanol–water partition coefficient (Wildman–Crippen LogP) is 1.50. The predicted molar refractivity (Wildman–Crippen MR) is 100 cm³/mol. The molecule has 158 valence electrons. The second-order valence-electron chi connectivity index (χ2n) is 6.58. The van der Waals surface area contributed by atoms with E-state index in [-0.39, 0.29) is 29.8 Å². The lowest BCUT2D eigenvalue weighted by Crippen LogP contribution is -2.49. The van der Waals surface area contributed by atoms with Crippen molar-refractivity contribution in [3.8, 4) is 16.9 Å². The number of aromatic nitrogens is 1. The van der Waals surface area contributed by atoms with Crippen LogP contribution in [0, 0.1) is 11.6 Å². The zero-order chi connectivity index (χ0) is 22.0. The Bertz CT molecular complexity index is 1100. The Morgan fingerprint density at radius 2 is 1.93 bits per heavy atom. The molecule has 0 aliphatic heterocycles. The summed E-state index contributed by atoms with van der Waals surface area (Å²) in [5.74, 6) is -3.76. The van der Waals surface area contributed by atoms with E-state index in [4.69, 9.17) is 9.94 Å². The molecule has 1 amide bonds. The van der Waals surface area contributed by atoms with Gasteiger partial charge >= 0.3 is 0 Å². The van der Waals surface area contributed by atoms with Gasteiger partial charge in [0.05, 0.1) is 7.11 Å². The number of pyridine rings is 1. The van der Waals surface area contributed by atoms with Gasteiger partial charge in [-0.3, -0.25) is 14.8 Å². The number of sulfone groups is 1. The molecule has 0 spiro atoms. The summed E-state index contributed by atoms with van der Waals surface area (Å²) in [6, 6.07) is 4.91. The maximum Gasteiger partial charge on any atom is 0.264 e. The number of nitrogens with zero attached hydrogens (tertiary/aromatic N) is 1. The summed E-state index contributed by atoms with van der Waals surface area (Å²) in [4.78, 5) is 24.2. The number of carbonyl (C=O) groups excluding carboxylic acids is 1. The lowest BCUT2D eigenvalue weighted by Gasteiger charge is -2.25. The van der Waals surface area contributed by atoms with Gasteiger partial charge in [-0.2, -0.15) is 4.39 Å². The molecule has 0 unspecified atom stereocenters. The Labute approximate surface area is 165 Å². The molecule has 1 aromatic heterocycles. The quantitative estimate of drug-likeness (QED) is 0.508. The third-order valence-electron chi connectivity index (χ3n) is 4.80. The smallest absolute Gasteiger partial charge is 0.264 e. The zero-order valence-corrected chi connectivity index (χ0v) is 16.7. The Balaban J connectivity index is 2.35. The number of halogens is 2. The first-order valence-corrected chi connectivity index (χ1v) is 10.2. The van der Waals surface area contributed by atoms with Gasteiger partial charge in [0, 0.05) is 30.6 Å². The van der Waals surface area contributed by atoms with Gasteiger partial charge in [-0.15, -0.1) is 0 Å². The summed E-state index contributed by atoms with van der Waals surface area (Å²) in [5.41, 5.74) is 0.679. The van der Waals surface area contributed by atoms with Crippen molar-refractivity contribution in [3.63, 3.8) is 0 Å². The number of methoxy groups -OCH3 is 1. The molecule has 11 heteroatoms. The van der Waals surface area contributed by atoms with Crippen LogP contribution in [-0.4, -0.2) is 42.2 Å². The van der Waals surface area contributed by atoms with Crippen molar-refractivity contribution < 1.29 is 31.9 Å². The van der Waals surface area contributed by atoms with Crippen molar-refractivity contribution in [2.75, 3.05) is 13.4 Å². The minimum absolute atomic E-state index is 0.115. The Kier molecular flexibility index (Phi) is 6.43. The van der Waals surface area contributed by atoms with Crippen LogP contribution < -0.4 is 15.8 Å². The first-order chi connectivity index (χ1) is 13.5. The molecule has 0 saturated carbocycles. The molecule has 1 aromatic carbocycles. The molecule has 8 nitrogen and oxygen atoms in total. The lowest BCUT2D eigenvalue weighted by atomic mass is 10.0. The lowest BCUT2D eigenvalue weighted by molar-refractivity contribution is -0.131. The van der Waals surface area contributed by atoms with Crippen molar-refractivity contribution in [1.29, 1.82) is 0 Å². The highest BCUT2D eigenvalue weighted by Crippen LogP contribution is 2.29. The highest BCUT2D eigenvalue weighted by molar-refractivity contribution is 7.92. The Hall–Kier alpha value is -2.79. The molecular weight excluding hydrogens is 410 g/mol. The van der Waals surface area contributed by atoms with E-state index in [1.807, 2.05) is 0 Å². The fraction of sp³-hybridized carbons (Fsp3) is 0.333. The molecule has 2 aromatic rings. The summed E-state index contributed by atoms with van der Waals surface area (Å²) >= 11 is 0. The van der Waals surface area contributed by atoms with Crippen molar-refractivity contribution in [2.45, 2.75) is 24.6 Å². The van der Waals surface area contributed by atoms with Crippen LogP contribution in [0.5, 0.6) is 5.75 Å². The number of ether oxygens (including phenoxy) is 1. The van der Waals surface area contributed by atoms with Crippen LogP contribution in [-0.2, 0) is 21.2 Å². The van der Waals surface area contributed by atoms with Gasteiger partial charge in [-0.25, -0.2) is 18.3 Å². The van der Waals surface area contributed by atoms with E-state index in [9.17, 15) is 26.8 Å². The van der Waals surface area contributed by atoms with E-state index in [2.05, 4.69) is 0 Å². The van der Waals surface area contributed by atoms with Gasteiger partial charge in [0.15, 0.2) is 26.2 Å². The molecule has 0 fully saturated rings. The van der Waals surface area contributed by atoms with Gasteiger partial charge < -0.3 is 9.30 Å². The standard InChI is InChI=1S/C18H20F2N2O6S/c1-18(17(24)21-25,29(3,26)27)7-9-22-8-6-11(10-14(22)23)12-4-5-13(28-2)16(20)15(12)19/h4-6,8,10,25H,7,9H2,1-3H3,(H,21,24)/t18-/m1/s1. The van der Waals surface area contributed by atoms with Crippen LogP contribution in [0.1, 0.15) is 13.3 Å². The maximum absolute atomic E-state index is 14.2. The maximum atomic E-state index is 14.2. The monoisotopic (exact) mass is 430 g/mol. The molecule has 0 radical (unpaired) electrons. The van der Waals surface area contributed by atoms with E-state index in [1.54, 1.807) is 0 Å². The number of benzene rings is 1. The van der Waals surface area contributed by atoms with Crippen LogP contribution in [0.25, 0.3) is 11.1 Å². The highest BCUT2D eigenvalue weighted by atomic mass is 32.2. The number of aryl methyl sites for hydroxylation is 1. The highest BCUT2D eigenvalue weighted by Gasteiger charge is 2.43. The van der Waals surface area contributed by atoms with E-state index in [0.29, 0.717) is 0 Å². The summed E-state index contributed by atoms with van der Waals surface area (Å²) < 4.78 is 55.9. The van der Waals surface area contributed by atoms with Crippen molar-refractivity contribution in [3.05, 3.63) is 52.5 Å². The third kappa shape index (κ3) is 4.30. The van der Waals surface area contributed by atoms with Crippen molar-refractivity contribution in [1.82, 2.24) is 10.0 Å². The van der Waals surface area contributed by atoms with Crippen LogP contribution in [0.15, 0.2) is 35.3 Å². The van der Waals surface area contributed by atoms with E-state index >= 15 is 0 Å². The third-order valence-corrected chi connectivity index (χ3v) is 6.83. The topological polar surface area (TPSA) is 115 Å². The van der Waals surface area contributed by atoms with Gasteiger partial charge in [0.2, 0.25) is 5.82 Å². The minimum Gasteiger partial charge on any atom is -0.494 e. The number of rotatable bonds is 7. The Morgan fingerprint density at radius 3 is 2.45 bits per heavy atom. The summed E-state index contributed by atoms with van der Waals surface area (Å²) in [5, 5.41) is 8.83. The van der Waals surface area contributed by atoms with Gasteiger partial charge in [-0.05, 0) is 37.1 Å². The number of hydrogen-bond donors (Lipinski definition) is 2. The molecule has 1 atom stereocenters. The SMILES string of the molecule is COc1ccc(-c2ccn(CC[C@](C)(C(=O)NO)S(C)(=O)=O)c(=O)c2)c(F)c1F. The first-order valence-electron chi connectivity index (χ1n) is 8.33. The number of amides is 1. The normalized spacial score (nSPS) is 13.6. The molecular formula is C18H20F2N2O6S. The largest absolute Gasteiger partial charge is 0.494 e. The molecule has 0 aliphatic rings. The molecule has 2 N–H and O–H groups in total. The molecule has 29 heavy (non-hydrogen) atoms. The molecule has 1 heterocycles. The minimum atomic E-state index is -3.92. The van der Waals surface area contributed by atoms with E-state index in [0.717, 1.165) is 23.8 Å². The number of hydroxylamine groups is 1. The molecule has 0 aliphatic carbocycles. The van der Waals surface area contributed by atoms with Crippen LogP contribution in [0.3, 0.4) is 0 Å². The first kappa shape index (κ1) is 22.5. The summed E-state index contributed by atoms with van der Waals surface area (Å²) in [6.45, 7) is 0.957. The fourth-order valence-electron chi connectivity index (χ4n) is 2.69. The molecule has 2 rings (SSSR count). The average Bonchev–Trinajstić information content (AvgIpc) is 2.67. The Morgan fingerprint density at radius 1 is 1.28 bits per heavy atom. The zero-order valence-electron chi connectivity index (χ0n) is 15.9. The van der Waals surface area contributed by atoms with Crippen molar-refractivity contribution in [2.24, 2.45) is 0 Å². The van der Waals surface area contributed by atoms with Crippen LogP contribution in [0.2, 0.25) is 0 Å². The number of carbonyl (C=O) groups is 1. The number of nitrogens with one attached hydrogen (secondary N) is 1. The van der Waals surface area contributed by atoms with Gasteiger partial charge in [-0.1, -0.05) is 0 Å². The second kappa shape index (κ2) is 8.29. The van der Waals surface area contributed by atoms with E-state index in [1.165, 1.54) is 37.0 Å². The molecule has 0 saturated heterocycles. The molecule has 0 bridgehead atoms. The fourth-order valence-corrected chi connectivity index (χ4v) is 3.54. The van der Waals surface area contributed by atoms with E-state index < -0.39 is 37.7 Å². The van der Waals surface area contributed by atoms with Crippen LogP contribution in [0.4, 0.5) is 8.78 Å². The van der Waals surface area contributed by atoms with Gasteiger partial charge in [0.25, 0.3) is 11.5 Å². The van der Waals surface area contributed by atoms with Crippen molar-refractivity contribution >= 4 is 15.7 Å². The average molecular weight is 430 g/mol. The van der Waals surface area contributed by atoms with Crippen LogP contribution >= 0.6 is 0 Å².